The molecule has 2 amide bonds. The lowest BCUT2D eigenvalue weighted by molar-refractivity contribution is -0.144. The fraction of sp³-hybridized carbons (Fsp3) is 0.526. The molecule has 1 aromatic carbocycles. The van der Waals surface area contributed by atoms with Gasteiger partial charge in [0, 0.05) is 6.54 Å². The number of aliphatic carboxylic acids is 1. The monoisotopic (exact) mass is 378 g/mol. The van der Waals surface area contributed by atoms with E-state index in [4.69, 9.17) is 9.47 Å². The summed E-state index contributed by atoms with van der Waals surface area (Å²) in [5.41, 5.74) is 0.128. The van der Waals surface area contributed by atoms with Gasteiger partial charge in [-0.3, -0.25) is 9.69 Å². The summed E-state index contributed by atoms with van der Waals surface area (Å²) in [5.74, 6) is -1.61. The molecule has 2 N–H and O–H groups in total. The zero-order valence-corrected chi connectivity index (χ0v) is 15.8. The van der Waals surface area contributed by atoms with Crippen LogP contribution >= 0.6 is 0 Å². The van der Waals surface area contributed by atoms with E-state index in [2.05, 4.69) is 5.32 Å². The van der Waals surface area contributed by atoms with Crippen molar-refractivity contribution in [1.29, 1.82) is 0 Å². The third-order valence-corrected chi connectivity index (χ3v) is 4.08. The Kier molecular flexibility index (Phi) is 6.65. The van der Waals surface area contributed by atoms with Gasteiger partial charge in [0.2, 0.25) is 0 Å². The Hall–Kier alpha value is -2.77. The maximum absolute atomic E-state index is 12.4. The number of carbonyl (C=O) groups is 3. The minimum absolute atomic E-state index is 0.0776. The molecule has 0 spiro atoms. The molecule has 1 heterocycles. The van der Waals surface area contributed by atoms with Crippen LogP contribution in [0.15, 0.2) is 30.3 Å². The number of nitrogens with one attached hydrogen (secondary N) is 1. The normalized spacial score (nSPS) is 19.9. The average Bonchev–Trinajstić information content (AvgIpc) is 2.59. The first-order chi connectivity index (χ1) is 12.7. The molecular weight excluding hydrogens is 352 g/mol. The molecule has 1 aliphatic heterocycles. The molecular formula is C19H26N2O6. The summed E-state index contributed by atoms with van der Waals surface area (Å²) in [7, 11) is 0. The van der Waals surface area contributed by atoms with E-state index >= 15 is 0 Å². The second-order valence-corrected chi connectivity index (χ2v) is 7.46. The van der Waals surface area contributed by atoms with Crippen LogP contribution in [-0.2, 0) is 20.9 Å². The summed E-state index contributed by atoms with van der Waals surface area (Å²) in [5, 5.41) is 11.9. The molecule has 0 radical (unpaired) electrons. The number of ether oxygens (including phenoxy) is 2. The van der Waals surface area contributed by atoms with Crippen molar-refractivity contribution in [2.75, 3.05) is 6.54 Å². The maximum Gasteiger partial charge on any atom is 0.411 e. The smallest absolute Gasteiger partial charge is 0.411 e. The molecule has 0 aliphatic carbocycles. The predicted molar refractivity (Wildman–Crippen MR) is 96.9 cm³/mol. The van der Waals surface area contributed by atoms with Crippen molar-refractivity contribution in [1.82, 2.24) is 10.2 Å². The van der Waals surface area contributed by atoms with Crippen LogP contribution < -0.4 is 5.32 Å². The van der Waals surface area contributed by atoms with Crippen molar-refractivity contribution in [2.24, 2.45) is 5.92 Å². The zero-order chi connectivity index (χ0) is 20.0. The van der Waals surface area contributed by atoms with Crippen LogP contribution in [0.25, 0.3) is 0 Å². The Labute approximate surface area is 158 Å². The second kappa shape index (κ2) is 8.75. The van der Waals surface area contributed by atoms with Gasteiger partial charge in [-0.25, -0.2) is 9.59 Å². The van der Waals surface area contributed by atoms with Crippen LogP contribution in [0.3, 0.4) is 0 Å². The Morgan fingerprint density at radius 3 is 2.48 bits per heavy atom. The van der Waals surface area contributed by atoms with Gasteiger partial charge in [0.1, 0.15) is 18.4 Å². The number of benzene rings is 1. The molecule has 2 rings (SSSR count). The number of carboxylic acids is 1. The molecule has 148 valence electrons. The van der Waals surface area contributed by atoms with Gasteiger partial charge in [-0.05, 0) is 39.2 Å². The number of hydrogen-bond donors (Lipinski definition) is 2. The summed E-state index contributed by atoms with van der Waals surface area (Å²) < 4.78 is 10.5. The van der Waals surface area contributed by atoms with E-state index in [-0.39, 0.29) is 19.6 Å². The summed E-state index contributed by atoms with van der Waals surface area (Å²) in [6, 6.07) is 9.16. The van der Waals surface area contributed by atoms with Crippen molar-refractivity contribution in [3.63, 3.8) is 0 Å². The van der Waals surface area contributed by atoms with Crippen molar-refractivity contribution in [3.8, 4) is 0 Å². The van der Waals surface area contributed by atoms with Crippen molar-refractivity contribution >= 4 is 18.2 Å². The predicted octanol–water partition coefficient (Wildman–Crippen LogP) is 2.97. The largest absolute Gasteiger partial charge is 0.481 e. The lowest BCUT2D eigenvalue weighted by atomic mass is 9.95. The van der Waals surface area contributed by atoms with E-state index in [1.165, 1.54) is 4.90 Å². The molecule has 0 aromatic heterocycles. The minimum Gasteiger partial charge on any atom is -0.481 e. The highest BCUT2D eigenvalue weighted by molar-refractivity contribution is 5.74. The van der Waals surface area contributed by atoms with Crippen LogP contribution in [0.4, 0.5) is 9.59 Å². The average molecular weight is 378 g/mol. The molecule has 1 saturated heterocycles. The van der Waals surface area contributed by atoms with Gasteiger partial charge < -0.3 is 19.9 Å². The van der Waals surface area contributed by atoms with Gasteiger partial charge in [-0.1, -0.05) is 30.3 Å². The lowest BCUT2D eigenvalue weighted by Gasteiger charge is -2.38. The van der Waals surface area contributed by atoms with E-state index in [0.29, 0.717) is 6.42 Å². The summed E-state index contributed by atoms with van der Waals surface area (Å²) in [6.45, 7) is 5.48. The summed E-state index contributed by atoms with van der Waals surface area (Å²) in [4.78, 5) is 37.2. The third-order valence-electron chi connectivity index (χ3n) is 4.08. The third kappa shape index (κ3) is 6.47. The fourth-order valence-corrected chi connectivity index (χ4v) is 2.77. The first-order valence-electron chi connectivity index (χ1n) is 8.85. The Morgan fingerprint density at radius 2 is 1.89 bits per heavy atom. The van der Waals surface area contributed by atoms with Crippen molar-refractivity contribution in [2.45, 2.75) is 52.0 Å². The topological polar surface area (TPSA) is 105 Å². The standard InChI is InChI=1S/C19H26N2O6/c1-19(2,3)27-18(25)21-10-9-14(16(22)23)11-15(21)20-17(24)26-12-13-7-5-4-6-8-13/h4-8,14-15H,9-12H2,1-3H3,(H,20,24)(H,22,23). The zero-order valence-electron chi connectivity index (χ0n) is 15.8. The van der Waals surface area contributed by atoms with E-state index < -0.39 is 35.8 Å². The molecule has 0 saturated carbocycles. The van der Waals surface area contributed by atoms with Crippen LogP contribution in [0.2, 0.25) is 0 Å². The molecule has 2 atom stereocenters. The van der Waals surface area contributed by atoms with Gasteiger partial charge in [-0.2, -0.15) is 0 Å². The molecule has 0 bridgehead atoms. The van der Waals surface area contributed by atoms with Gasteiger partial charge in [0.25, 0.3) is 0 Å². The quantitative estimate of drug-likeness (QED) is 0.834. The van der Waals surface area contributed by atoms with Gasteiger partial charge in [-0.15, -0.1) is 0 Å². The SMILES string of the molecule is CC(C)(C)OC(=O)N1CCC(C(=O)O)CC1NC(=O)OCc1ccccc1. The minimum atomic E-state index is -0.955. The fourth-order valence-electron chi connectivity index (χ4n) is 2.77. The Bertz CT molecular complexity index is 671. The maximum atomic E-state index is 12.4. The van der Waals surface area contributed by atoms with Gasteiger partial charge in [0.15, 0.2) is 0 Å². The number of rotatable bonds is 4. The number of piperidine rings is 1. The number of likely N-dealkylation sites (tertiary alicyclic amines) is 1. The number of alkyl carbamates (subject to hydrolysis) is 1. The molecule has 1 aromatic rings. The van der Waals surface area contributed by atoms with Crippen LogP contribution in [0.5, 0.6) is 0 Å². The first-order valence-corrected chi connectivity index (χ1v) is 8.85. The van der Waals surface area contributed by atoms with Gasteiger partial charge in [0.05, 0.1) is 5.92 Å². The Morgan fingerprint density at radius 1 is 1.22 bits per heavy atom. The Balaban J connectivity index is 2.00. The van der Waals surface area contributed by atoms with Crippen molar-refractivity contribution in [3.05, 3.63) is 35.9 Å². The number of carboxylic acid groups (broad SMARTS) is 1. The van der Waals surface area contributed by atoms with Crippen LogP contribution in [-0.4, -0.2) is 46.5 Å². The van der Waals surface area contributed by atoms with E-state index in [9.17, 15) is 19.5 Å². The number of carbonyl (C=O) groups excluding carboxylic acids is 2. The highest BCUT2D eigenvalue weighted by atomic mass is 16.6. The van der Waals surface area contributed by atoms with Crippen molar-refractivity contribution < 1.29 is 29.0 Å². The summed E-state index contributed by atoms with van der Waals surface area (Å²) in [6.07, 6.45) is -1.73. The highest BCUT2D eigenvalue weighted by Crippen LogP contribution is 2.24. The summed E-state index contributed by atoms with van der Waals surface area (Å²) >= 11 is 0. The molecule has 1 fully saturated rings. The number of amides is 2. The molecule has 27 heavy (non-hydrogen) atoms. The molecule has 8 heteroatoms. The molecule has 8 nitrogen and oxygen atoms in total. The molecule has 1 aliphatic rings. The van der Waals surface area contributed by atoms with E-state index in [1.807, 2.05) is 30.3 Å². The van der Waals surface area contributed by atoms with Gasteiger partial charge >= 0.3 is 18.2 Å². The number of nitrogens with zero attached hydrogens (tertiary/aromatic N) is 1. The first kappa shape index (κ1) is 20.5. The lowest BCUT2D eigenvalue weighted by Crippen LogP contribution is -2.56. The van der Waals surface area contributed by atoms with E-state index in [0.717, 1.165) is 5.56 Å². The van der Waals surface area contributed by atoms with Crippen LogP contribution in [0.1, 0.15) is 39.2 Å². The van der Waals surface area contributed by atoms with Crippen LogP contribution in [0, 0.1) is 5.92 Å². The molecule has 2 unspecified atom stereocenters. The van der Waals surface area contributed by atoms with E-state index in [1.54, 1.807) is 20.8 Å². The number of hydrogen-bond acceptors (Lipinski definition) is 5. The highest BCUT2D eigenvalue weighted by Gasteiger charge is 2.37. The second-order valence-electron chi connectivity index (χ2n) is 7.46.